The van der Waals surface area contributed by atoms with E-state index in [-0.39, 0.29) is 0 Å². The minimum absolute atomic E-state index is 0.310. The lowest BCUT2D eigenvalue weighted by Crippen LogP contribution is -2.64. The van der Waals surface area contributed by atoms with Gasteiger partial charge in [-0.05, 0) is 24.5 Å². The molecule has 0 aromatic heterocycles. The molecule has 0 nitrogen and oxygen atoms in total. The molecule has 2 aliphatic rings. The highest BCUT2D eigenvalue weighted by molar-refractivity contribution is 6.79. The van der Waals surface area contributed by atoms with Crippen LogP contribution in [0.15, 0.2) is 54.2 Å². The van der Waals surface area contributed by atoms with E-state index in [1.165, 1.54) is 0 Å². The Morgan fingerprint density at radius 3 is 1.74 bits per heavy atom. The molecule has 8 heteroatoms. The van der Waals surface area contributed by atoms with E-state index in [1.54, 1.807) is 0 Å². The Morgan fingerprint density at radius 2 is 1.30 bits per heavy atom. The molecule has 0 saturated carbocycles. The van der Waals surface area contributed by atoms with Crippen LogP contribution in [0.5, 0.6) is 0 Å². The van der Waals surface area contributed by atoms with Crippen LogP contribution < -0.4 is 5.46 Å². The maximum atomic E-state index is 15.7. The van der Waals surface area contributed by atoms with Gasteiger partial charge in [-0.25, -0.2) is 30.7 Å². The SMILES string of the molecule is Cc1c(F)cc(F)c(B(C2(F)C=CC=C(F)C2)C2(F)C=CC=C(F)C2)c1F. The highest BCUT2D eigenvalue weighted by atomic mass is 19.2. The molecule has 27 heavy (non-hydrogen) atoms. The summed E-state index contributed by atoms with van der Waals surface area (Å²) in [6.45, 7) is -1.30. The summed E-state index contributed by atoms with van der Waals surface area (Å²) in [5.74, 6) is -6.18. The zero-order valence-corrected chi connectivity index (χ0v) is 14.2. The van der Waals surface area contributed by atoms with E-state index in [0.29, 0.717) is 6.07 Å². The Labute approximate surface area is 151 Å². The number of halogens is 7. The molecular weight excluding hydrogens is 372 g/mol. The predicted octanol–water partition coefficient (Wildman–Crippen LogP) is 5.24. The van der Waals surface area contributed by atoms with E-state index in [0.717, 1.165) is 43.4 Å². The van der Waals surface area contributed by atoms with Crippen LogP contribution >= 0.6 is 0 Å². The first-order valence-corrected chi connectivity index (χ1v) is 8.17. The standard InChI is InChI=1S/C19H14BF7/c1-11-14(23)8-15(24)16(17(11)25)20(18(26)6-2-4-12(21)9-18)19(27)7-3-5-13(22)10-19/h2-8H,9-10H2,1H3. The van der Waals surface area contributed by atoms with E-state index < -0.39 is 70.8 Å². The van der Waals surface area contributed by atoms with Crippen molar-refractivity contribution >= 4 is 12.2 Å². The summed E-state index contributed by atoms with van der Waals surface area (Å²) in [5.41, 5.74) is -7.53. The second-order valence-electron chi connectivity index (χ2n) is 6.78. The second-order valence-corrected chi connectivity index (χ2v) is 6.78. The van der Waals surface area contributed by atoms with Crippen LogP contribution in [0.25, 0.3) is 0 Å². The van der Waals surface area contributed by atoms with Gasteiger partial charge in [0.1, 0.15) is 40.2 Å². The first kappa shape index (κ1) is 19.5. The lowest BCUT2D eigenvalue weighted by Gasteiger charge is -2.39. The molecule has 2 aliphatic carbocycles. The number of rotatable bonds is 3. The molecule has 0 N–H and O–H groups in total. The minimum Gasteiger partial charge on any atom is -0.248 e. The lowest BCUT2D eigenvalue weighted by atomic mass is 9.26. The van der Waals surface area contributed by atoms with Gasteiger partial charge < -0.3 is 0 Å². The smallest absolute Gasteiger partial charge is 0.248 e. The molecule has 0 radical (unpaired) electrons. The highest BCUT2D eigenvalue weighted by Crippen LogP contribution is 2.41. The normalized spacial score (nSPS) is 27.4. The maximum absolute atomic E-state index is 15.7. The number of hydrogen-bond acceptors (Lipinski definition) is 0. The summed E-state index contributed by atoms with van der Waals surface area (Å²) in [6, 6.07) is 0.310. The molecule has 3 rings (SSSR count). The van der Waals surface area contributed by atoms with Gasteiger partial charge in [-0.1, -0.05) is 24.3 Å². The van der Waals surface area contributed by atoms with Gasteiger partial charge in [0, 0.05) is 24.5 Å². The van der Waals surface area contributed by atoms with Crippen molar-refractivity contribution in [2.24, 2.45) is 0 Å². The third-order valence-electron chi connectivity index (χ3n) is 4.86. The third kappa shape index (κ3) is 3.37. The van der Waals surface area contributed by atoms with Gasteiger partial charge in [-0.2, -0.15) is 0 Å². The van der Waals surface area contributed by atoms with Crippen LogP contribution in [-0.2, 0) is 0 Å². The molecule has 0 heterocycles. The summed E-state index contributed by atoms with van der Waals surface area (Å²) in [6.07, 6.45) is 3.36. The van der Waals surface area contributed by atoms with Crippen molar-refractivity contribution in [3.63, 3.8) is 0 Å². The second kappa shape index (κ2) is 6.73. The Bertz CT molecular complexity index is 860. The molecule has 0 spiro atoms. The molecule has 2 unspecified atom stereocenters. The lowest BCUT2D eigenvalue weighted by molar-refractivity contribution is 0.257. The fraction of sp³-hybridized carbons (Fsp3) is 0.263. The molecule has 1 aromatic rings. The summed E-state index contributed by atoms with van der Waals surface area (Å²) >= 11 is 0. The van der Waals surface area contributed by atoms with Crippen LogP contribution in [-0.4, -0.2) is 17.8 Å². The van der Waals surface area contributed by atoms with Crippen molar-refractivity contribution in [3.8, 4) is 0 Å². The number of benzene rings is 1. The van der Waals surface area contributed by atoms with E-state index in [1.807, 2.05) is 0 Å². The van der Waals surface area contributed by atoms with Crippen molar-refractivity contribution in [2.45, 2.75) is 30.9 Å². The maximum Gasteiger partial charge on any atom is 0.282 e. The first-order valence-electron chi connectivity index (χ1n) is 8.17. The van der Waals surface area contributed by atoms with Gasteiger partial charge in [0.15, 0.2) is 0 Å². The molecule has 0 bridgehead atoms. The van der Waals surface area contributed by atoms with Gasteiger partial charge in [0.2, 0.25) is 0 Å². The first-order chi connectivity index (χ1) is 12.6. The van der Waals surface area contributed by atoms with E-state index in [9.17, 15) is 22.0 Å². The van der Waals surface area contributed by atoms with Gasteiger partial charge in [-0.3, -0.25) is 0 Å². The number of alkyl halides is 2. The summed E-state index contributed by atoms with van der Waals surface area (Å²) in [5, 5.41) is 0. The van der Waals surface area contributed by atoms with Crippen molar-refractivity contribution < 1.29 is 30.7 Å². The zero-order chi connectivity index (χ0) is 20.0. The number of allylic oxidation sites excluding steroid dienone is 8. The van der Waals surface area contributed by atoms with Crippen molar-refractivity contribution in [2.75, 3.05) is 0 Å². The van der Waals surface area contributed by atoms with Crippen LogP contribution in [0.1, 0.15) is 18.4 Å². The summed E-state index contributed by atoms with van der Waals surface area (Å²) in [4.78, 5) is 0. The number of hydrogen-bond donors (Lipinski definition) is 0. The van der Waals surface area contributed by atoms with Gasteiger partial charge >= 0.3 is 0 Å². The quantitative estimate of drug-likeness (QED) is 0.493. The largest absolute Gasteiger partial charge is 0.282 e. The van der Waals surface area contributed by atoms with Gasteiger partial charge in [-0.15, -0.1) is 0 Å². The topological polar surface area (TPSA) is 0 Å². The minimum atomic E-state index is -2.90. The Balaban J connectivity index is 2.26. The van der Waals surface area contributed by atoms with E-state index in [2.05, 4.69) is 0 Å². The van der Waals surface area contributed by atoms with Crippen LogP contribution in [0.2, 0.25) is 0 Å². The van der Waals surface area contributed by atoms with Gasteiger partial charge in [0.25, 0.3) is 6.71 Å². The van der Waals surface area contributed by atoms with Crippen molar-refractivity contribution in [3.05, 3.63) is 77.2 Å². The molecule has 142 valence electrons. The highest BCUT2D eigenvalue weighted by Gasteiger charge is 2.58. The predicted molar refractivity (Wildman–Crippen MR) is 90.0 cm³/mol. The average Bonchev–Trinajstić information content (AvgIpc) is 2.56. The fourth-order valence-corrected chi connectivity index (χ4v) is 3.63. The Morgan fingerprint density at radius 1 is 0.815 bits per heavy atom. The molecule has 0 aliphatic heterocycles. The monoisotopic (exact) mass is 386 g/mol. The van der Waals surface area contributed by atoms with E-state index in [4.69, 9.17) is 0 Å². The van der Waals surface area contributed by atoms with Gasteiger partial charge in [0.05, 0.1) is 0 Å². The molecule has 0 saturated heterocycles. The molecular formula is C19H14BF7. The molecule has 0 fully saturated rings. The molecule has 0 amide bonds. The fourth-order valence-electron chi connectivity index (χ4n) is 3.63. The zero-order valence-electron chi connectivity index (χ0n) is 14.2. The van der Waals surface area contributed by atoms with Crippen LogP contribution in [0.4, 0.5) is 30.7 Å². The Hall–Kier alpha value is -2.25. The summed E-state index contributed by atoms with van der Waals surface area (Å²) in [7, 11) is 0. The average molecular weight is 386 g/mol. The molecule has 2 atom stereocenters. The van der Waals surface area contributed by atoms with Crippen LogP contribution in [0, 0.1) is 24.4 Å². The Kier molecular flexibility index (Phi) is 4.86. The summed E-state index contributed by atoms with van der Waals surface area (Å²) < 4.78 is 102. The van der Waals surface area contributed by atoms with Crippen molar-refractivity contribution in [1.29, 1.82) is 0 Å². The molecule has 1 aromatic carbocycles. The van der Waals surface area contributed by atoms with Crippen LogP contribution in [0.3, 0.4) is 0 Å². The van der Waals surface area contributed by atoms with Crippen molar-refractivity contribution in [1.82, 2.24) is 0 Å². The van der Waals surface area contributed by atoms with E-state index >= 15 is 8.78 Å². The third-order valence-corrected chi connectivity index (χ3v) is 4.86.